The van der Waals surface area contributed by atoms with Gasteiger partial charge in [-0.1, -0.05) is 18.2 Å². The Bertz CT molecular complexity index is 636. The van der Waals surface area contributed by atoms with Gasteiger partial charge in [0.25, 0.3) is 5.91 Å². The molecule has 0 bridgehead atoms. The highest BCUT2D eigenvalue weighted by molar-refractivity contribution is 6.06. The molecule has 0 spiro atoms. The number of aryl methyl sites for hydroxylation is 1. The molecule has 0 saturated carbocycles. The third-order valence-electron chi connectivity index (χ3n) is 3.64. The Morgan fingerprint density at radius 3 is 2.95 bits per heavy atom. The molecule has 104 valence electrons. The first-order valence-electron chi connectivity index (χ1n) is 6.74. The summed E-state index contributed by atoms with van der Waals surface area (Å²) < 4.78 is 1.62. The average molecular weight is 271 g/mol. The molecule has 0 aliphatic carbocycles. The Labute approximate surface area is 117 Å². The number of carbonyl (C=O) groups excluding carboxylic acids is 1. The van der Waals surface area contributed by atoms with Crippen molar-refractivity contribution < 1.29 is 9.90 Å². The quantitative estimate of drug-likeness (QED) is 0.861. The van der Waals surface area contributed by atoms with Crippen molar-refractivity contribution in [2.75, 3.05) is 11.4 Å². The Kier molecular flexibility index (Phi) is 3.28. The second-order valence-electron chi connectivity index (χ2n) is 5.08. The molecule has 1 N–H and O–H groups in total. The monoisotopic (exact) mass is 271 g/mol. The van der Waals surface area contributed by atoms with Gasteiger partial charge in [0.1, 0.15) is 0 Å². The lowest BCUT2D eigenvalue weighted by Gasteiger charge is -2.22. The van der Waals surface area contributed by atoms with Crippen LogP contribution in [0.1, 0.15) is 34.9 Å². The molecule has 1 aromatic heterocycles. The van der Waals surface area contributed by atoms with Crippen LogP contribution < -0.4 is 4.90 Å². The van der Waals surface area contributed by atoms with Gasteiger partial charge in [0.2, 0.25) is 0 Å². The van der Waals surface area contributed by atoms with Crippen LogP contribution in [0.15, 0.2) is 36.7 Å². The minimum Gasteiger partial charge on any atom is -0.388 e. The van der Waals surface area contributed by atoms with Crippen molar-refractivity contribution in [2.24, 2.45) is 7.05 Å². The van der Waals surface area contributed by atoms with E-state index in [1.165, 1.54) is 0 Å². The average Bonchev–Trinajstić information content (AvgIpc) is 2.82. The molecule has 1 atom stereocenters. The molecule has 0 fully saturated rings. The Hall–Kier alpha value is -2.14. The van der Waals surface area contributed by atoms with Gasteiger partial charge >= 0.3 is 0 Å². The number of benzene rings is 1. The van der Waals surface area contributed by atoms with E-state index in [-0.39, 0.29) is 5.91 Å². The van der Waals surface area contributed by atoms with E-state index < -0.39 is 6.10 Å². The second kappa shape index (κ2) is 5.09. The summed E-state index contributed by atoms with van der Waals surface area (Å²) in [7, 11) is 1.79. The first-order chi connectivity index (χ1) is 9.66. The molecule has 5 nitrogen and oxygen atoms in total. The molecule has 1 aliphatic rings. The predicted octanol–water partition coefficient (Wildman–Crippen LogP) is 1.89. The van der Waals surface area contributed by atoms with Gasteiger partial charge in [0.05, 0.1) is 17.9 Å². The molecule has 1 unspecified atom stereocenters. The number of hydrogen-bond donors (Lipinski definition) is 1. The number of aliphatic hydroxyl groups excluding tert-OH is 1. The molecule has 0 saturated heterocycles. The van der Waals surface area contributed by atoms with Crippen molar-refractivity contribution in [1.82, 2.24) is 9.78 Å². The molecular formula is C15H17N3O2. The number of para-hydroxylation sites is 1. The maximum absolute atomic E-state index is 12.6. The Balaban J connectivity index is 2.01. The van der Waals surface area contributed by atoms with E-state index in [0.29, 0.717) is 18.5 Å². The third kappa shape index (κ3) is 2.20. The van der Waals surface area contributed by atoms with Crippen molar-refractivity contribution in [3.8, 4) is 0 Å². The maximum Gasteiger partial charge on any atom is 0.261 e. The standard InChI is InChI=1S/C15H17N3O2/c1-17-10-11(9-16-17)15(20)18-8-4-7-14(19)12-5-2-3-6-13(12)18/h2-3,5-6,9-10,14,19H,4,7-8H2,1H3. The van der Waals surface area contributed by atoms with Crippen molar-refractivity contribution >= 4 is 11.6 Å². The zero-order valence-electron chi connectivity index (χ0n) is 11.4. The fourth-order valence-corrected chi connectivity index (χ4v) is 2.63. The molecule has 1 aliphatic heterocycles. The van der Waals surface area contributed by atoms with Crippen LogP contribution in [0.3, 0.4) is 0 Å². The molecular weight excluding hydrogens is 254 g/mol. The number of aromatic nitrogens is 2. The van der Waals surface area contributed by atoms with Gasteiger partial charge in [-0.05, 0) is 18.9 Å². The summed E-state index contributed by atoms with van der Waals surface area (Å²) in [6, 6.07) is 7.55. The van der Waals surface area contributed by atoms with E-state index in [0.717, 1.165) is 17.7 Å². The summed E-state index contributed by atoms with van der Waals surface area (Å²) in [5.41, 5.74) is 2.19. The van der Waals surface area contributed by atoms with Gasteiger partial charge in [-0.25, -0.2) is 0 Å². The lowest BCUT2D eigenvalue weighted by atomic mass is 10.0. The normalized spacial score (nSPS) is 18.5. The second-order valence-corrected chi connectivity index (χ2v) is 5.08. The molecule has 1 amide bonds. The van der Waals surface area contributed by atoms with E-state index in [2.05, 4.69) is 5.10 Å². The van der Waals surface area contributed by atoms with E-state index in [1.807, 2.05) is 24.3 Å². The van der Waals surface area contributed by atoms with Gasteiger partial charge in [-0.15, -0.1) is 0 Å². The van der Waals surface area contributed by atoms with Crippen molar-refractivity contribution in [1.29, 1.82) is 0 Å². The summed E-state index contributed by atoms with van der Waals surface area (Å²) in [6.45, 7) is 0.613. The van der Waals surface area contributed by atoms with E-state index in [9.17, 15) is 9.90 Å². The lowest BCUT2D eigenvalue weighted by Crippen LogP contribution is -2.31. The van der Waals surface area contributed by atoms with Crippen molar-refractivity contribution in [2.45, 2.75) is 18.9 Å². The number of hydrogen-bond acceptors (Lipinski definition) is 3. The first kappa shape index (κ1) is 12.9. The van der Waals surface area contributed by atoms with Crippen LogP contribution in [0.5, 0.6) is 0 Å². The number of anilines is 1. The zero-order valence-corrected chi connectivity index (χ0v) is 11.4. The summed E-state index contributed by atoms with van der Waals surface area (Å²) in [5.74, 6) is -0.0698. The molecule has 2 aromatic rings. The van der Waals surface area contributed by atoms with Crippen LogP contribution in [0, 0.1) is 0 Å². The number of aliphatic hydroxyl groups is 1. The van der Waals surface area contributed by atoms with Crippen LogP contribution in [0.4, 0.5) is 5.69 Å². The topological polar surface area (TPSA) is 58.4 Å². The largest absolute Gasteiger partial charge is 0.388 e. The molecule has 2 heterocycles. The smallest absolute Gasteiger partial charge is 0.261 e. The lowest BCUT2D eigenvalue weighted by molar-refractivity contribution is 0.0986. The van der Waals surface area contributed by atoms with Crippen molar-refractivity contribution in [3.05, 3.63) is 47.8 Å². The molecule has 3 rings (SSSR count). The molecule has 1 aromatic carbocycles. The number of nitrogens with zero attached hydrogens (tertiary/aromatic N) is 3. The van der Waals surface area contributed by atoms with Gasteiger partial charge in [0, 0.05) is 31.0 Å². The van der Waals surface area contributed by atoms with Gasteiger partial charge in [-0.2, -0.15) is 5.10 Å². The fourth-order valence-electron chi connectivity index (χ4n) is 2.63. The number of amides is 1. The fraction of sp³-hybridized carbons (Fsp3) is 0.333. The van der Waals surface area contributed by atoms with Crippen molar-refractivity contribution in [3.63, 3.8) is 0 Å². The number of carbonyl (C=O) groups is 1. The van der Waals surface area contributed by atoms with Crippen LogP contribution in [0.2, 0.25) is 0 Å². The summed E-state index contributed by atoms with van der Waals surface area (Å²) in [4.78, 5) is 14.4. The van der Waals surface area contributed by atoms with Gasteiger partial charge in [0.15, 0.2) is 0 Å². The van der Waals surface area contributed by atoms with E-state index in [1.54, 1.807) is 29.0 Å². The SMILES string of the molecule is Cn1cc(C(=O)N2CCCC(O)c3ccccc32)cn1. The maximum atomic E-state index is 12.6. The number of rotatable bonds is 1. The first-order valence-corrected chi connectivity index (χ1v) is 6.74. The summed E-state index contributed by atoms with van der Waals surface area (Å²) >= 11 is 0. The van der Waals surface area contributed by atoms with Crippen LogP contribution in [-0.4, -0.2) is 27.3 Å². The summed E-state index contributed by atoms with van der Waals surface area (Å²) in [5, 5.41) is 14.2. The summed E-state index contributed by atoms with van der Waals surface area (Å²) in [6.07, 6.45) is 4.24. The minimum atomic E-state index is -0.502. The Morgan fingerprint density at radius 1 is 1.40 bits per heavy atom. The van der Waals surface area contributed by atoms with E-state index >= 15 is 0 Å². The molecule has 0 radical (unpaired) electrons. The van der Waals surface area contributed by atoms with E-state index in [4.69, 9.17) is 0 Å². The van der Waals surface area contributed by atoms with Crippen LogP contribution in [0.25, 0.3) is 0 Å². The molecule has 20 heavy (non-hydrogen) atoms. The highest BCUT2D eigenvalue weighted by Gasteiger charge is 2.26. The highest BCUT2D eigenvalue weighted by Crippen LogP contribution is 2.33. The molecule has 5 heteroatoms. The van der Waals surface area contributed by atoms with Gasteiger partial charge < -0.3 is 10.0 Å². The third-order valence-corrected chi connectivity index (χ3v) is 3.64. The van der Waals surface area contributed by atoms with Crippen LogP contribution in [-0.2, 0) is 7.05 Å². The van der Waals surface area contributed by atoms with Crippen LogP contribution >= 0.6 is 0 Å². The predicted molar refractivity (Wildman–Crippen MR) is 75.5 cm³/mol. The highest BCUT2D eigenvalue weighted by atomic mass is 16.3. The Morgan fingerprint density at radius 2 is 2.20 bits per heavy atom. The number of fused-ring (bicyclic) bond motifs is 1. The zero-order chi connectivity index (χ0) is 14.1. The van der Waals surface area contributed by atoms with Gasteiger partial charge in [-0.3, -0.25) is 9.48 Å². The minimum absolute atomic E-state index is 0.0698.